The number of urea groups is 1. The zero-order chi connectivity index (χ0) is 15.5. The van der Waals surface area contributed by atoms with E-state index < -0.39 is 6.03 Å². The Balaban J connectivity index is 1.72. The van der Waals surface area contributed by atoms with E-state index in [0.29, 0.717) is 28.0 Å². The van der Waals surface area contributed by atoms with Crippen molar-refractivity contribution in [3.63, 3.8) is 0 Å². The van der Waals surface area contributed by atoms with Crippen molar-refractivity contribution in [3.8, 4) is 10.8 Å². The largest absolute Gasteiger partial charge is 0.333 e. The molecular formula is C14H11FN4O2S. The van der Waals surface area contributed by atoms with Gasteiger partial charge in [-0.3, -0.25) is 0 Å². The van der Waals surface area contributed by atoms with Crippen LogP contribution in [0.25, 0.3) is 10.8 Å². The molecule has 0 spiro atoms. The number of halogens is 1. The lowest BCUT2D eigenvalue weighted by atomic mass is 10.3. The number of nitrogens with zero attached hydrogens (tertiary/aromatic N) is 2. The third-order valence-corrected chi connectivity index (χ3v) is 3.64. The molecule has 0 aliphatic heterocycles. The van der Waals surface area contributed by atoms with Crippen LogP contribution in [-0.4, -0.2) is 16.2 Å². The number of benzene rings is 1. The smallest absolute Gasteiger partial charge is 0.323 e. The molecule has 2 amide bonds. The summed E-state index contributed by atoms with van der Waals surface area (Å²) in [6, 6.07) is 6.79. The van der Waals surface area contributed by atoms with Gasteiger partial charge in [0.05, 0.1) is 5.69 Å². The van der Waals surface area contributed by atoms with Crippen molar-refractivity contribution in [2.45, 2.75) is 6.92 Å². The molecule has 0 atom stereocenters. The predicted molar refractivity (Wildman–Crippen MR) is 81.4 cm³/mol. The molecule has 0 bridgehead atoms. The highest BCUT2D eigenvalue weighted by atomic mass is 32.1. The SMILES string of the molecule is Cc1noc(-c2sccc2NC(=O)Nc2ccc(F)cc2)n1. The molecule has 0 saturated heterocycles. The van der Waals surface area contributed by atoms with Gasteiger partial charge < -0.3 is 15.2 Å². The standard InChI is InChI=1S/C14H11FN4O2S/c1-8-16-13(21-19-8)12-11(6-7-22-12)18-14(20)17-10-4-2-9(15)3-5-10/h2-7H,1H3,(H2,17,18,20). The average Bonchev–Trinajstić information content (AvgIpc) is 3.10. The Morgan fingerprint density at radius 2 is 2.00 bits per heavy atom. The van der Waals surface area contributed by atoms with E-state index in [4.69, 9.17) is 4.52 Å². The molecule has 2 N–H and O–H groups in total. The Morgan fingerprint density at radius 3 is 2.68 bits per heavy atom. The van der Waals surface area contributed by atoms with Gasteiger partial charge >= 0.3 is 6.03 Å². The van der Waals surface area contributed by atoms with Crippen LogP contribution in [0, 0.1) is 12.7 Å². The van der Waals surface area contributed by atoms with E-state index in [1.54, 1.807) is 13.0 Å². The number of anilines is 2. The number of aromatic nitrogens is 2. The second-order valence-corrected chi connectivity index (χ2v) is 5.31. The molecule has 0 aliphatic carbocycles. The number of nitrogens with one attached hydrogen (secondary N) is 2. The van der Waals surface area contributed by atoms with Gasteiger partial charge in [0.25, 0.3) is 5.89 Å². The molecule has 6 nitrogen and oxygen atoms in total. The normalized spacial score (nSPS) is 10.5. The Morgan fingerprint density at radius 1 is 1.23 bits per heavy atom. The lowest BCUT2D eigenvalue weighted by Gasteiger charge is -2.07. The fourth-order valence-corrected chi connectivity index (χ4v) is 2.55. The maximum atomic E-state index is 12.8. The molecule has 2 aromatic heterocycles. The first-order valence-electron chi connectivity index (χ1n) is 6.33. The zero-order valence-corrected chi connectivity index (χ0v) is 12.3. The number of hydrogen-bond acceptors (Lipinski definition) is 5. The third-order valence-electron chi connectivity index (χ3n) is 2.74. The van der Waals surface area contributed by atoms with E-state index in [1.165, 1.54) is 35.6 Å². The average molecular weight is 318 g/mol. The van der Waals surface area contributed by atoms with Crippen LogP contribution in [0.1, 0.15) is 5.82 Å². The van der Waals surface area contributed by atoms with Gasteiger partial charge in [-0.15, -0.1) is 11.3 Å². The van der Waals surface area contributed by atoms with Gasteiger partial charge in [0, 0.05) is 5.69 Å². The summed E-state index contributed by atoms with van der Waals surface area (Å²) in [5, 5.41) is 10.8. The Labute approximate surface area is 129 Å². The molecule has 0 unspecified atom stereocenters. The highest BCUT2D eigenvalue weighted by Crippen LogP contribution is 2.32. The molecule has 3 rings (SSSR count). The summed E-state index contributed by atoms with van der Waals surface area (Å²) in [6.45, 7) is 1.72. The molecule has 112 valence electrons. The zero-order valence-electron chi connectivity index (χ0n) is 11.5. The fraction of sp³-hybridized carbons (Fsp3) is 0.0714. The van der Waals surface area contributed by atoms with Gasteiger partial charge in [0.1, 0.15) is 10.7 Å². The molecule has 3 aromatic rings. The minimum atomic E-state index is -0.442. The van der Waals surface area contributed by atoms with Crippen molar-refractivity contribution in [3.05, 3.63) is 47.4 Å². The molecule has 2 heterocycles. The molecule has 0 saturated carbocycles. The fourth-order valence-electron chi connectivity index (χ4n) is 1.78. The summed E-state index contributed by atoms with van der Waals surface area (Å²) in [6.07, 6.45) is 0. The molecule has 0 aliphatic rings. The van der Waals surface area contributed by atoms with E-state index in [1.807, 2.05) is 5.38 Å². The van der Waals surface area contributed by atoms with Gasteiger partial charge in [-0.05, 0) is 42.6 Å². The molecule has 8 heteroatoms. The van der Waals surface area contributed by atoms with Crippen molar-refractivity contribution in [2.24, 2.45) is 0 Å². The van der Waals surface area contributed by atoms with Gasteiger partial charge in [-0.25, -0.2) is 9.18 Å². The predicted octanol–water partition coefficient (Wildman–Crippen LogP) is 3.89. The van der Waals surface area contributed by atoms with E-state index in [9.17, 15) is 9.18 Å². The van der Waals surface area contributed by atoms with Crippen LogP contribution in [0.4, 0.5) is 20.6 Å². The number of carbonyl (C=O) groups excluding carboxylic acids is 1. The number of aryl methyl sites for hydroxylation is 1. The molecular weight excluding hydrogens is 307 g/mol. The van der Waals surface area contributed by atoms with Crippen molar-refractivity contribution in [1.82, 2.24) is 10.1 Å². The van der Waals surface area contributed by atoms with Crippen molar-refractivity contribution >= 4 is 28.7 Å². The Hall–Kier alpha value is -2.74. The first-order valence-corrected chi connectivity index (χ1v) is 7.21. The number of amides is 2. The van der Waals surface area contributed by atoms with E-state index >= 15 is 0 Å². The van der Waals surface area contributed by atoms with Crippen LogP contribution in [-0.2, 0) is 0 Å². The van der Waals surface area contributed by atoms with Crippen LogP contribution in [0.15, 0.2) is 40.2 Å². The van der Waals surface area contributed by atoms with Gasteiger partial charge in [-0.2, -0.15) is 4.98 Å². The maximum Gasteiger partial charge on any atom is 0.323 e. The quantitative estimate of drug-likeness (QED) is 0.768. The van der Waals surface area contributed by atoms with Crippen LogP contribution in [0.2, 0.25) is 0 Å². The topological polar surface area (TPSA) is 80.0 Å². The van der Waals surface area contributed by atoms with Crippen LogP contribution >= 0.6 is 11.3 Å². The number of thiophene rings is 1. The number of rotatable bonds is 3. The lowest BCUT2D eigenvalue weighted by molar-refractivity contribution is 0.262. The number of hydrogen-bond donors (Lipinski definition) is 2. The van der Waals surface area contributed by atoms with Crippen LogP contribution in [0.5, 0.6) is 0 Å². The van der Waals surface area contributed by atoms with Crippen molar-refractivity contribution in [1.29, 1.82) is 0 Å². The Kier molecular flexibility index (Phi) is 3.84. The first-order chi connectivity index (χ1) is 10.6. The summed E-state index contributed by atoms with van der Waals surface area (Å²) < 4.78 is 17.9. The van der Waals surface area contributed by atoms with Crippen LogP contribution in [0.3, 0.4) is 0 Å². The Bertz CT molecular complexity index is 797. The van der Waals surface area contributed by atoms with E-state index in [0.717, 1.165) is 0 Å². The molecule has 0 radical (unpaired) electrons. The second-order valence-electron chi connectivity index (χ2n) is 4.40. The van der Waals surface area contributed by atoms with E-state index in [-0.39, 0.29) is 5.82 Å². The summed E-state index contributed by atoms with van der Waals surface area (Å²) in [4.78, 5) is 16.8. The monoisotopic (exact) mass is 318 g/mol. The molecule has 1 aromatic carbocycles. The summed E-state index contributed by atoms with van der Waals surface area (Å²) in [5.41, 5.74) is 1.05. The lowest BCUT2D eigenvalue weighted by Crippen LogP contribution is -2.19. The van der Waals surface area contributed by atoms with Gasteiger partial charge in [0.2, 0.25) is 0 Å². The van der Waals surface area contributed by atoms with Crippen molar-refractivity contribution < 1.29 is 13.7 Å². The first kappa shape index (κ1) is 14.2. The maximum absolute atomic E-state index is 12.8. The summed E-state index contributed by atoms with van der Waals surface area (Å²) in [5.74, 6) is 0.507. The highest BCUT2D eigenvalue weighted by molar-refractivity contribution is 7.14. The van der Waals surface area contributed by atoms with Crippen LogP contribution < -0.4 is 10.6 Å². The van der Waals surface area contributed by atoms with Gasteiger partial charge in [0.15, 0.2) is 5.82 Å². The summed E-state index contributed by atoms with van der Waals surface area (Å²) >= 11 is 1.38. The van der Waals surface area contributed by atoms with Crippen molar-refractivity contribution in [2.75, 3.05) is 10.6 Å². The van der Waals surface area contributed by atoms with Gasteiger partial charge in [-0.1, -0.05) is 5.16 Å². The minimum Gasteiger partial charge on any atom is -0.333 e. The summed E-state index contributed by atoms with van der Waals surface area (Å²) in [7, 11) is 0. The number of carbonyl (C=O) groups is 1. The molecule has 22 heavy (non-hydrogen) atoms. The molecule has 0 fully saturated rings. The highest BCUT2D eigenvalue weighted by Gasteiger charge is 2.15. The minimum absolute atomic E-state index is 0.351. The van der Waals surface area contributed by atoms with E-state index in [2.05, 4.69) is 20.8 Å². The third kappa shape index (κ3) is 3.12. The second kappa shape index (κ2) is 5.94.